The number of ether oxygens (including phenoxy) is 6. The molecule has 2 aliphatic heterocycles. The number of unbranched alkanes of at least 4 members (excludes halogenated alkanes) is 2. The number of amides is 1. The van der Waals surface area contributed by atoms with Crippen LogP contribution in [0.2, 0.25) is 0 Å². The van der Waals surface area contributed by atoms with Crippen LogP contribution in [0.4, 0.5) is 4.79 Å². The van der Waals surface area contributed by atoms with Gasteiger partial charge in [-0.1, -0.05) is 36.2 Å². The fraction of sp³-hybridized carbons (Fsp3) is 0.478. The molecule has 13 heteroatoms. The van der Waals surface area contributed by atoms with Crippen LogP contribution in [0.3, 0.4) is 0 Å². The van der Waals surface area contributed by atoms with Gasteiger partial charge >= 0.3 is 6.09 Å². The summed E-state index contributed by atoms with van der Waals surface area (Å²) < 4.78 is 38.0. The first kappa shape index (κ1) is 42.4. The molecular formula is C46H56N2O10S. The summed E-state index contributed by atoms with van der Waals surface area (Å²) in [6.45, 7) is 6.60. The lowest BCUT2D eigenvalue weighted by atomic mass is 9.55. The lowest BCUT2D eigenvalue weighted by Crippen LogP contribution is -2.70. The summed E-state index contributed by atoms with van der Waals surface area (Å²) in [6, 6.07) is 18.8. The maximum Gasteiger partial charge on any atom is 0.410 e. The Labute approximate surface area is 351 Å². The van der Waals surface area contributed by atoms with Gasteiger partial charge in [-0.05, 0) is 116 Å². The summed E-state index contributed by atoms with van der Waals surface area (Å²) in [7, 11) is 1.53. The zero-order chi connectivity index (χ0) is 41.4. The van der Waals surface area contributed by atoms with Crippen LogP contribution in [0.15, 0.2) is 95.0 Å². The zero-order valence-electron chi connectivity index (χ0n) is 34.2. The normalized spacial score (nSPS) is 24.3. The Morgan fingerprint density at radius 3 is 2.46 bits per heavy atom. The number of fused-ring (bicyclic) bond motifs is 3. The summed E-state index contributed by atoms with van der Waals surface area (Å²) in [5.41, 5.74) is 3.41. The summed E-state index contributed by atoms with van der Waals surface area (Å²) in [4.78, 5) is 22.8. The fourth-order valence-corrected chi connectivity index (χ4v) is 9.75. The number of thioether (sulfide) groups is 1. The lowest BCUT2D eigenvalue weighted by molar-refractivity contribution is -0.256. The first-order chi connectivity index (χ1) is 28.9. The number of aliphatic hydroxyl groups is 2. The average Bonchev–Trinajstić information content (AvgIpc) is 3.72. The van der Waals surface area contributed by atoms with E-state index in [0.717, 1.165) is 53.0 Å². The molecule has 0 bridgehead atoms. The van der Waals surface area contributed by atoms with Crippen LogP contribution >= 0.6 is 11.8 Å². The largest absolute Gasteiger partial charge is 0.459 e. The minimum absolute atomic E-state index is 0.0620. The predicted octanol–water partition coefficient (Wildman–Crippen LogP) is 8.85. The van der Waals surface area contributed by atoms with E-state index in [1.165, 1.54) is 7.11 Å². The van der Waals surface area contributed by atoms with Crippen LogP contribution in [-0.2, 0) is 20.9 Å². The molecule has 12 nitrogen and oxygen atoms in total. The second kappa shape index (κ2) is 19.6. The van der Waals surface area contributed by atoms with E-state index >= 15 is 0 Å². The summed E-state index contributed by atoms with van der Waals surface area (Å²) in [5, 5.41) is 24.5. The molecule has 0 aromatic heterocycles. The van der Waals surface area contributed by atoms with Gasteiger partial charge in [0.05, 0.1) is 24.8 Å². The Hall–Kier alpha value is -4.69. The van der Waals surface area contributed by atoms with Gasteiger partial charge < -0.3 is 43.5 Å². The molecule has 6 atom stereocenters. The van der Waals surface area contributed by atoms with Crippen molar-refractivity contribution in [2.45, 2.75) is 81.1 Å². The van der Waals surface area contributed by atoms with E-state index in [2.05, 4.69) is 23.9 Å². The van der Waals surface area contributed by atoms with Crippen LogP contribution in [0.25, 0.3) is 0 Å². The molecule has 0 spiro atoms. The van der Waals surface area contributed by atoms with E-state index in [-0.39, 0.29) is 63.9 Å². The van der Waals surface area contributed by atoms with Gasteiger partial charge in [0.1, 0.15) is 30.4 Å². The second-order valence-corrected chi connectivity index (χ2v) is 16.1. The van der Waals surface area contributed by atoms with Crippen LogP contribution < -0.4 is 18.9 Å². The molecule has 1 saturated carbocycles. The molecule has 2 N–H and O–H groups in total. The van der Waals surface area contributed by atoms with Gasteiger partial charge in [0, 0.05) is 42.6 Å². The van der Waals surface area contributed by atoms with E-state index in [4.69, 9.17) is 33.3 Å². The molecule has 316 valence electrons. The molecule has 7 rings (SSSR count). The van der Waals surface area contributed by atoms with Crippen molar-refractivity contribution in [2.24, 2.45) is 22.9 Å². The lowest BCUT2D eigenvalue weighted by Gasteiger charge is -2.59. The van der Waals surface area contributed by atoms with Crippen molar-refractivity contribution in [2.75, 3.05) is 46.6 Å². The molecule has 4 aliphatic rings. The molecule has 0 unspecified atom stereocenters. The van der Waals surface area contributed by atoms with Crippen LogP contribution in [0.5, 0.6) is 28.7 Å². The number of benzene rings is 3. The Morgan fingerprint density at radius 2 is 1.73 bits per heavy atom. The Kier molecular flexibility index (Phi) is 14.1. The van der Waals surface area contributed by atoms with E-state index in [0.29, 0.717) is 41.6 Å². The fourth-order valence-electron chi connectivity index (χ4n) is 9.35. The van der Waals surface area contributed by atoms with E-state index < -0.39 is 23.8 Å². The van der Waals surface area contributed by atoms with Gasteiger partial charge in [0.2, 0.25) is 12.6 Å². The van der Waals surface area contributed by atoms with E-state index in [1.54, 1.807) is 29.7 Å². The van der Waals surface area contributed by atoms with Crippen molar-refractivity contribution >= 4 is 23.6 Å². The molecule has 0 radical (unpaired) electrons. The number of allylic oxidation sites excluding steroid dienone is 1. The number of carbonyl (C=O) groups is 1. The first-order valence-corrected chi connectivity index (χ1v) is 21.9. The van der Waals surface area contributed by atoms with Gasteiger partial charge in [-0.25, -0.2) is 4.79 Å². The first-order valence-electron chi connectivity index (χ1n) is 20.6. The summed E-state index contributed by atoms with van der Waals surface area (Å²) >= 11 is 1.67. The quantitative estimate of drug-likeness (QED) is 0.0519. The van der Waals surface area contributed by atoms with Gasteiger partial charge in [-0.15, -0.1) is 18.3 Å². The van der Waals surface area contributed by atoms with Crippen LogP contribution in [0, 0.1) is 17.8 Å². The standard InChI is InChI=1S/C46H56N2O10S/c1-5-23-56-46-42(48(45(51)53-6-2)28-30-13-19-40-41(24-30)55-29-54-40)27-38(47-52-3)36-25-31(11-7-9-21-49)35(12-8-10-22-50)43(44(36)46)37-26-33(16-20-39(37)58-46)57-32-14-17-34(59-4)18-15-32/h5,13-20,24-26,31,35,42-44,49-50H,1,6-12,21-23,27-29H2,2-4H3/t31-,35+,42-,43+,44+,46+/m0/s1. The molecule has 3 aromatic carbocycles. The number of rotatable bonds is 19. The number of carbonyl (C=O) groups excluding carboxylic acids is 1. The molecule has 1 amide bonds. The topological polar surface area (TPSA) is 138 Å². The highest BCUT2D eigenvalue weighted by atomic mass is 32.2. The molecule has 2 aliphatic carbocycles. The number of nitrogens with zero attached hydrogens (tertiary/aromatic N) is 2. The zero-order valence-corrected chi connectivity index (χ0v) is 35.0. The summed E-state index contributed by atoms with van der Waals surface area (Å²) in [5.74, 6) is 1.30. The van der Waals surface area contributed by atoms with Crippen LogP contribution in [-0.4, -0.2) is 85.3 Å². The van der Waals surface area contributed by atoms with E-state index in [9.17, 15) is 15.0 Å². The molecule has 2 heterocycles. The van der Waals surface area contributed by atoms with Crippen molar-refractivity contribution in [3.63, 3.8) is 0 Å². The van der Waals surface area contributed by atoms with Gasteiger partial charge in [0.15, 0.2) is 11.5 Å². The summed E-state index contributed by atoms with van der Waals surface area (Å²) in [6.07, 6.45) is 10.4. The van der Waals surface area contributed by atoms with Gasteiger partial charge in [-0.2, -0.15) is 0 Å². The number of aliphatic hydroxyl groups excluding tert-OH is 2. The third-order valence-electron chi connectivity index (χ3n) is 11.8. The van der Waals surface area contributed by atoms with Gasteiger partial charge in [-0.3, -0.25) is 4.90 Å². The number of hydrogen-bond donors (Lipinski definition) is 2. The monoisotopic (exact) mass is 828 g/mol. The van der Waals surface area contributed by atoms with Crippen molar-refractivity contribution < 1.29 is 48.3 Å². The molecular weight excluding hydrogens is 773 g/mol. The number of oxime groups is 1. The molecule has 59 heavy (non-hydrogen) atoms. The average molecular weight is 829 g/mol. The SMILES string of the molecule is C=CCO[C@@]12Oc3ccc(Oc4ccc(SC)cc4)cc3[C@H]3[C@H](CCCCO)[C@@H](CCCCO)C=C(C(=NOC)C[C@@H]1N(Cc1ccc4c(c1)OCO4)C(=O)OCC)[C@H]32. The van der Waals surface area contributed by atoms with E-state index in [1.807, 2.05) is 60.9 Å². The molecule has 1 fully saturated rings. The van der Waals surface area contributed by atoms with Crippen molar-refractivity contribution in [3.05, 3.63) is 96.1 Å². The highest BCUT2D eigenvalue weighted by molar-refractivity contribution is 7.98. The third kappa shape index (κ3) is 8.94. The maximum absolute atomic E-state index is 14.4. The Morgan fingerprint density at radius 1 is 0.983 bits per heavy atom. The third-order valence-corrected chi connectivity index (χ3v) is 12.6. The second-order valence-electron chi connectivity index (χ2n) is 15.2. The number of hydrogen-bond acceptors (Lipinski definition) is 12. The van der Waals surface area contributed by atoms with Crippen molar-refractivity contribution in [1.29, 1.82) is 0 Å². The smallest absolute Gasteiger partial charge is 0.410 e. The van der Waals surface area contributed by atoms with Gasteiger partial charge in [0.25, 0.3) is 0 Å². The molecule has 3 aromatic rings. The minimum Gasteiger partial charge on any atom is -0.459 e. The van der Waals surface area contributed by atoms with Crippen LogP contribution in [0.1, 0.15) is 68.9 Å². The van der Waals surface area contributed by atoms with Crippen molar-refractivity contribution in [1.82, 2.24) is 4.90 Å². The predicted molar refractivity (Wildman–Crippen MR) is 225 cm³/mol. The van der Waals surface area contributed by atoms with Crippen molar-refractivity contribution in [3.8, 4) is 28.7 Å². The minimum atomic E-state index is -1.44. The Bertz CT molecular complexity index is 1990. The highest BCUT2D eigenvalue weighted by Crippen LogP contribution is 2.62. The maximum atomic E-state index is 14.4. The highest BCUT2D eigenvalue weighted by Gasteiger charge is 2.65. The molecule has 0 saturated heterocycles. The Balaban J connectivity index is 1.42.